The van der Waals surface area contributed by atoms with E-state index in [1.54, 1.807) is 11.3 Å². The van der Waals surface area contributed by atoms with Crippen LogP contribution in [0.3, 0.4) is 0 Å². The highest BCUT2D eigenvalue weighted by molar-refractivity contribution is 7.09. The standard InChI is InChI=1S/C19H15N3OS/c1-12-20-18(11-24-12)13-6-4-7-15(9-13)21-19(23)17-10-14-5-2-3-8-16(14)22-17/h2-11,22H,1H3,(H,21,23). The zero-order valence-electron chi connectivity index (χ0n) is 13.0. The molecule has 4 rings (SSSR count). The molecule has 0 aliphatic heterocycles. The zero-order valence-corrected chi connectivity index (χ0v) is 13.9. The number of benzene rings is 2. The number of hydrogen-bond donors (Lipinski definition) is 2. The van der Waals surface area contributed by atoms with Crippen molar-refractivity contribution in [1.29, 1.82) is 0 Å². The number of nitrogens with zero attached hydrogens (tertiary/aromatic N) is 1. The van der Waals surface area contributed by atoms with Gasteiger partial charge in [0.15, 0.2) is 0 Å². The largest absolute Gasteiger partial charge is 0.351 e. The highest BCUT2D eigenvalue weighted by atomic mass is 32.1. The summed E-state index contributed by atoms with van der Waals surface area (Å²) in [5.74, 6) is -0.155. The minimum Gasteiger partial charge on any atom is -0.351 e. The van der Waals surface area contributed by atoms with E-state index in [0.717, 1.165) is 32.9 Å². The molecule has 118 valence electrons. The SMILES string of the molecule is Cc1nc(-c2cccc(NC(=O)c3cc4ccccc4[nH]3)c2)cs1. The summed E-state index contributed by atoms with van der Waals surface area (Å²) in [6.45, 7) is 1.98. The number of anilines is 1. The molecule has 2 heterocycles. The topological polar surface area (TPSA) is 57.8 Å². The number of hydrogen-bond acceptors (Lipinski definition) is 3. The molecule has 4 nitrogen and oxygen atoms in total. The van der Waals surface area contributed by atoms with Gasteiger partial charge in [-0.05, 0) is 31.2 Å². The molecule has 0 aliphatic rings. The molecule has 0 spiro atoms. The summed E-state index contributed by atoms with van der Waals surface area (Å²) < 4.78 is 0. The molecular formula is C19H15N3OS. The van der Waals surface area contributed by atoms with Crippen LogP contribution in [-0.4, -0.2) is 15.9 Å². The number of carbonyl (C=O) groups excluding carboxylic acids is 1. The van der Waals surface area contributed by atoms with Crippen molar-refractivity contribution in [1.82, 2.24) is 9.97 Å². The van der Waals surface area contributed by atoms with Crippen molar-refractivity contribution < 1.29 is 4.79 Å². The quantitative estimate of drug-likeness (QED) is 0.563. The van der Waals surface area contributed by atoms with Gasteiger partial charge in [0.05, 0.1) is 10.7 Å². The van der Waals surface area contributed by atoms with Crippen LogP contribution in [0.4, 0.5) is 5.69 Å². The molecule has 0 saturated carbocycles. The van der Waals surface area contributed by atoms with E-state index in [1.165, 1.54) is 0 Å². The third-order valence-corrected chi connectivity index (χ3v) is 4.58. The van der Waals surface area contributed by atoms with Gasteiger partial charge in [0.2, 0.25) is 0 Å². The van der Waals surface area contributed by atoms with Gasteiger partial charge >= 0.3 is 0 Å². The van der Waals surface area contributed by atoms with Gasteiger partial charge in [-0.2, -0.15) is 0 Å². The Bertz CT molecular complexity index is 999. The lowest BCUT2D eigenvalue weighted by atomic mass is 10.1. The van der Waals surface area contributed by atoms with E-state index in [0.29, 0.717) is 5.69 Å². The smallest absolute Gasteiger partial charge is 0.272 e. The third kappa shape index (κ3) is 2.81. The van der Waals surface area contributed by atoms with Crippen molar-refractivity contribution in [3.8, 4) is 11.3 Å². The normalized spacial score (nSPS) is 10.9. The Balaban J connectivity index is 1.59. The molecule has 4 aromatic rings. The van der Waals surface area contributed by atoms with Crippen LogP contribution in [0.15, 0.2) is 60.0 Å². The maximum atomic E-state index is 12.5. The number of rotatable bonds is 3. The minimum atomic E-state index is -0.155. The number of nitrogens with one attached hydrogen (secondary N) is 2. The molecular weight excluding hydrogens is 318 g/mol. The van der Waals surface area contributed by atoms with Gasteiger partial charge in [0, 0.05) is 27.5 Å². The van der Waals surface area contributed by atoms with E-state index in [9.17, 15) is 4.79 Å². The van der Waals surface area contributed by atoms with Crippen LogP contribution in [0.1, 0.15) is 15.5 Å². The average molecular weight is 333 g/mol. The first-order valence-corrected chi connectivity index (χ1v) is 8.49. The summed E-state index contributed by atoms with van der Waals surface area (Å²) in [5, 5.41) is 7.01. The molecule has 5 heteroatoms. The number of aromatic amines is 1. The molecule has 0 saturated heterocycles. The number of amides is 1. The van der Waals surface area contributed by atoms with E-state index in [-0.39, 0.29) is 5.91 Å². The molecule has 1 amide bonds. The molecule has 0 unspecified atom stereocenters. The van der Waals surface area contributed by atoms with Gasteiger partial charge in [-0.1, -0.05) is 30.3 Å². The average Bonchev–Trinajstić information content (AvgIpc) is 3.21. The number of aromatic nitrogens is 2. The Kier molecular flexibility index (Phi) is 3.63. The van der Waals surface area contributed by atoms with E-state index in [4.69, 9.17) is 0 Å². The maximum Gasteiger partial charge on any atom is 0.272 e. The van der Waals surface area contributed by atoms with E-state index in [2.05, 4.69) is 15.3 Å². The fourth-order valence-electron chi connectivity index (χ4n) is 2.65. The van der Waals surface area contributed by atoms with Crippen LogP contribution in [-0.2, 0) is 0 Å². The number of aryl methyl sites for hydroxylation is 1. The summed E-state index contributed by atoms with van der Waals surface area (Å²) >= 11 is 1.61. The molecule has 2 N–H and O–H groups in total. The number of fused-ring (bicyclic) bond motifs is 1. The second-order valence-electron chi connectivity index (χ2n) is 5.56. The molecule has 0 bridgehead atoms. The second kappa shape index (κ2) is 5.94. The Morgan fingerprint density at radius 1 is 1.12 bits per heavy atom. The fourth-order valence-corrected chi connectivity index (χ4v) is 3.27. The third-order valence-electron chi connectivity index (χ3n) is 3.81. The van der Waals surface area contributed by atoms with Gasteiger partial charge in [0.25, 0.3) is 5.91 Å². The Morgan fingerprint density at radius 2 is 2.00 bits per heavy atom. The second-order valence-corrected chi connectivity index (χ2v) is 6.62. The van der Waals surface area contributed by atoms with E-state index < -0.39 is 0 Å². The van der Waals surface area contributed by atoms with Crippen molar-refractivity contribution in [2.24, 2.45) is 0 Å². The minimum absolute atomic E-state index is 0.155. The highest BCUT2D eigenvalue weighted by Crippen LogP contribution is 2.24. The predicted octanol–water partition coefficient (Wildman–Crippen LogP) is 4.85. The summed E-state index contributed by atoms with van der Waals surface area (Å²) in [7, 11) is 0. The number of carbonyl (C=O) groups is 1. The van der Waals surface area contributed by atoms with Gasteiger partial charge in [0.1, 0.15) is 5.69 Å². The summed E-state index contributed by atoms with van der Waals surface area (Å²) in [4.78, 5) is 20.1. The highest BCUT2D eigenvalue weighted by Gasteiger charge is 2.10. The summed E-state index contributed by atoms with van der Waals surface area (Å²) in [6, 6.07) is 17.4. The van der Waals surface area contributed by atoms with Crippen molar-refractivity contribution in [2.75, 3.05) is 5.32 Å². The summed E-state index contributed by atoms with van der Waals surface area (Å²) in [5.41, 5.74) is 4.18. The molecule has 0 fully saturated rings. The van der Waals surface area contributed by atoms with Crippen molar-refractivity contribution in [2.45, 2.75) is 6.92 Å². The zero-order chi connectivity index (χ0) is 16.5. The lowest BCUT2D eigenvalue weighted by Crippen LogP contribution is -2.12. The van der Waals surface area contributed by atoms with Crippen molar-refractivity contribution in [3.63, 3.8) is 0 Å². The van der Waals surface area contributed by atoms with Gasteiger partial charge < -0.3 is 10.3 Å². The Morgan fingerprint density at radius 3 is 2.79 bits per heavy atom. The summed E-state index contributed by atoms with van der Waals surface area (Å²) in [6.07, 6.45) is 0. The molecule has 0 aliphatic carbocycles. The number of H-pyrrole nitrogens is 1. The van der Waals surface area contributed by atoms with Crippen LogP contribution in [0.25, 0.3) is 22.2 Å². The first-order valence-electron chi connectivity index (χ1n) is 7.61. The monoisotopic (exact) mass is 333 g/mol. The molecule has 0 radical (unpaired) electrons. The molecule has 0 atom stereocenters. The number of para-hydroxylation sites is 1. The Hall–Kier alpha value is -2.92. The molecule has 2 aromatic carbocycles. The first-order chi connectivity index (χ1) is 11.7. The van der Waals surface area contributed by atoms with Gasteiger partial charge in [-0.15, -0.1) is 11.3 Å². The molecule has 2 aromatic heterocycles. The number of thiazole rings is 1. The Labute approximate surface area is 143 Å². The predicted molar refractivity (Wildman–Crippen MR) is 98.5 cm³/mol. The maximum absolute atomic E-state index is 12.5. The van der Waals surface area contributed by atoms with Crippen molar-refractivity contribution in [3.05, 3.63) is 70.7 Å². The van der Waals surface area contributed by atoms with Crippen molar-refractivity contribution >= 4 is 33.8 Å². The lowest BCUT2D eigenvalue weighted by molar-refractivity contribution is 0.102. The van der Waals surface area contributed by atoms with Crippen LogP contribution in [0.2, 0.25) is 0 Å². The van der Waals surface area contributed by atoms with E-state index >= 15 is 0 Å². The lowest BCUT2D eigenvalue weighted by Gasteiger charge is -2.05. The van der Waals surface area contributed by atoms with Crippen LogP contribution in [0.5, 0.6) is 0 Å². The van der Waals surface area contributed by atoms with Crippen LogP contribution < -0.4 is 5.32 Å². The van der Waals surface area contributed by atoms with Gasteiger partial charge in [-0.25, -0.2) is 4.98 Å². The van der Waals surface area contributed by atoms with E-state index in [1.807, 2.05) is 66.9 Å². The molecule has 24 heavy (non-hydrogen) atoms. The van der Waals surface area contributed by atoms with Crippen LogP contribution in [0, 0.1) is 6.92 Å². The first kappa shape index (κ1) is 14.7. The van der Waals surface area contributed by atoms with Gasteiger partial charge in [-0.3, -0.25) is 4.79 Å². The fraction of sp³-hybridized carbons (Fsp3) is 0.0526. The van der Waals surface area contributed by atoms with Crippen LogP contribution >= 0.6 is 11.3 Å².